The van der Waals surface area contributed by atoms with Crippen LogP contribution in [0.4, 0.5) is 10.1 Å². The fourth-order valence-electron chi connectivity index (χ4n) is 1.13. The average Bonchev–Trinajstić information content (AvgIpc) is 2.26. The number of aromatic carboxylic acids is 1. The van der Waals surface area contributed by atoms with Crippen molar-refractivity contribution in [1.29, 1.82) is 0 Å². The van der Waals surface area contributed by atoms with Crippen LogP contribution in [0.25, 0.3) is 0 Å². The Labute approximate surface area is 94.2 Å². The van der Waals surface area contributed by atoms with Gasteiger partial charge in [-0.1, -0.05) is 0 Å². The number of ether oxygens (including phenoxy) is 1. The largest absolute Gasteiger partial charge is 0.488 e. The predicted octanol–water partition coefficient (Wildman–Crippen LogP) is 0.803. The second kappa shape index (κ2) is 5.21. The number of nitro groups is 1. The van der Waals surface area contributed by atoms with Crippen molar-refractivity contribution >= 4 is 11.7 Å². The van der Waals surface area contributed by atoms with Crippen LogP contribution in [0.3, 0.4) is 0 Å². The SMILES string of the molecule is O=C(O)c1cc(OCCO)c(F)cc1[N+](=O)[O-]. The predicted molar refractivity (Wildman–Crippen MR) is 52.6 cm³/mol. The smallest absolute Gasteiger partial charge is 0.342 e. The standard InChI is InChI=1S/C9H8FNO6/c10-6-4-7(11(15)16)5(9(13)14)3-8(6)17-2-1-12/h3-4,12H,1-2H2,(H,13,14). The van der Waals surface area contributed by atoms with E-state index in [0.29, 0.717) is 12.1 Å². The van der Waals surface area contributed by atoms with Crippen LogP contribution in [0.1, 0.15) is 10.4 Å². The van der Waals surface area contributed by atoms with Crippen LogP contribution in [-0.2, 0) is 0 Å². The van der Waals surface area contributed by atoms with Gasteiger partial charge in [0, 0.05) is 6.07 Å². The zero-order chi connectivity index (χ0) is 13.0. The number of nitro benzene ring substituents is 1. The number of carboxylic acids is 1. The van der Waals surface area contributed by atoms with Crippen molar-refractivity contribution in [3.05, 3.63) is 33.6 Å². The van der Waals surface area contributed by atoms with Gasteiger partial charge in [-0.3, -0.25) is 10.1 Å². The summed E-state index contributed by atoms with van der Waals surface area (Å²) in [4.78, 5) is 20.2. The maximum atomic E-state index is 13.3. The highest BCUT2D eigenvalue weighted by atomic mass is 19.1. The second-order valence-corrected chi connectivity index (χ2v) is 2.93. The van der Waals surface area contributed by atoms with Crippen LogP contribution in [-0.4, -0.2) is 34.3 Å². The van der Waals surface area contributed by atoms with Crippen LogP contribution in [0.15, 0.2) is 12.1 Å². The zero-order valence-corrected chi connectivity index (χ0v) is 8.42. The number of aliphatic hydroxyl groups is 1. The maximum Gasteiger partial charge on any atom is 0.342 e. The summed E-state index contributed by atoms with van der Waals surface area (Å²) in [5, 5.41) is 27.7. The lowest BCUT2D eigenvalue weighted by molar-refractivity contribution is -0.385. The topological polar surface area (TPSA) is 110 Å². The second-order valence-electron chi connectivity index (χ2n) is 2.93. The van der Waals surface area contributed by atoms with Crippen molar-refractivity contribution in [1.82, 2.24) is 0 Å². The summed E-state index contributed by atoms with van der Waals surface area (Å²) >= 11 is 0. The molecule has 2 N–H and O–H groups in total. The highest BCUT2D eigenvalue weighted by molar-refractivity contribution is 5.92. The van der Waals surface area contributed by atoms with E-state index in [0.717, 1.165) is 0 Å². The number of carboxylic acid groups (broad SMARTS) is 1. The van der Waals surface area contributed by atoms with Crippen molar-refractivity contribution in [2.75, 3.05) is 13.2 Å². The summed E-state index contributed by atoms with van der Waals surface area (Å²) in [6, 6.07) is 1.18. The van der Waals surface area contributed by atoms with Crippen molar-refractivity contribution in [3.8, 4) is 5.75 Å². The first-order valence-corrected chi connectivity index (χ1v) is 4.42. The van der Waals surface area contributed by atoms with E-state index in [1.54, 1.807) is 0 Å². The first-order chi connectivity index (χ1) is 7.97. The van der Waals surface area contributed by atoms with Gasteiger partial charge in [0.05, 0.1) is 17.6 Å². The summed E-state index contributed by atoms with van der Waals surface area (Å²) < 4.78 is 18.0. The van der Waals surface area contributed by atoms with Crippen LogP contribution in [0.2, 0.25) is 0 Å². The van der Waals surface area contributed by atoms with E-state index >= 15 is 0 Å². The quantitative estimate of drug-likeness (QED) is 0.586. The Hall–Kier alpha value is -2.22. The molecule has 8 heteroatoms. The highest BCUT2D eigenvalue weighted by Crippen LogP contribution is 2.27. The molecule has 0 amide bonds. The monoisotopic (exact) mass is 245 g/mol. The van der Waals surface area contributed by atoms with E-state index < -0.39 is 40.3 Å². The van der Waals surface area contributed by atoms with Crippen molar-refractivity contribution in [3.63, 3.8) is 0 Å². The van der Waals surface area contributed by atoms with E-state index in [1.807, 2.05) is 0 Å². The Morgan fingerprint density at radius 1 is 1.53 bits per heavy atom. The number of rotatable bonds is 5. The molecule has 0 saturated carbocycles. The molecule has 0 aliphatic rings. The lowest BCUT2D eigenvalue weighted by Gasteiger charge is -2.06. The third-order valence-electron chi connectivity index (χ3n) is 1.83. The number of halogens is 1. The molecule has 0 aromatic heterocycles. The Kier molecular flexibility index (Phi) is 3.94. The van der Waals surface area contributed by atoms with Gasteiger partial charge in [0.1, 0.15) is 12.2 Å². The van der Waals surface area contributed by atoms with Crippen molar-refractivity contribution in [2.45, 2.75) is 0 Å². The van der Waals surface area contributed by atoms with Gasteiger partial charge in [-0.05, 0) is 0 Å². The van der Waals surface area contributed by atoms with Crippen molar-refractivity contribution < 1.29 is 29.1 Å². The zero-order valence-electron chi connectivity index (χ0n) is 8.42. The number of benzene rings is 1. The van der Waals surface area contributed by atoms with Gasteiger partial charge in [-0.15, -0.1) is 0 Å². The molecule has 0 atom stereocenters. The molecule has 0 aliphatic heterocycles. The van der Waals surface area contributed by atoms with Gasteiger partial charge in [-0.2, -0.15) is 0 Å². The van der Waals surface area contributed by atoms with E-state index in [9.17, 15) is 19.3 Å². The fourth-order valence-corrected chi connectivity index (χ4v) is 1.13. The molecule has 17 heavy (non-hydrogen) atoms. The summed E-state index contributed by atoms with van der Waals surface area (Å²) in [6.07, 6.45) is 0. The summed E-state index contributed by atoms with van der Waals surface area (Å²) in [6.45, 7) is -0.632. The number of hydrogen-bond acceptors (Lipinski definition) is 5. The Morgan fingerprint density at radius 3 is 2.65 bits per heavy atom. The van der Waals surface area contributed by atoms with Crippen molar-refractivity contribution in [2.24, 2.45) is 0 Å². The number of hydrogen-bond donors (Lipinski definition) is 2. The summed E-state index contributed by atoms with van der Waals surface area (Å²) in [7, 11) is 0. The molecule has 7 nitrogen and oxygen atoms in total. The molecule has 92 valence electrons. The highest BCUT2D eigenvalue weighted by Gasteiger charge is 2.23. The molecule has 1 aromatic carbocycles. The summed E-state index contributed by atoms with van der Waals surface area (Å²) in [5.41, 5.74) is -1.53. The van der Waals surface area contributed by atoms with Gasteiger partial charge >= 0.3 is 5.97 Å². The van der Waals surface area contributed by atoms with E-state index in [4.69, 9.17) is 14.9 Å². The number of carbonyl (C=O) groups is 1. The van der Waals surface area contributed by atoms with Gasteiger partial charge in [0.2, 0.25) is 0 Å². The van der Waals surface area contributed by atoms with Gasteiger partial charge < -0.3 is 14.9 Å². The maximum absolute atomic E-state index is 13.3. The molecule has 1 rings (SSSR count). The normalized spacial score (nSPS) is 10.0. The third-order valence-corrected chi connectivity index (χ3v) is 1.83. The fraction of sp³-hybridized carbons (Fsp3) is 0.222. The molecule has 0 heterocycles. The van der Waals surface area contributed by atoms with Gasteiger partial charge in [0.25, 0.3) is 5.69 Å². The van der Waals surface area contributed by atoms with Crippen LogP contribution >= 0.6 is 0 Å². The van der Waals surface area contributed by atoms with Crippen LogP contribution in [0, 0.1) is 15.9 Å². The molecule has 1 aromatic rings. The lowest BCUT2D eigenvalue weighted by Crippen LogP contribution is -2.07. The minimum Gasteiger partial charge on any atom is -0.488 e. The van der Waals surface area contributed by atoms with Gasteiger partial charge in [0.15, 0.2) is 11.6 Å². The van der Waals surface area contributed by atoms with Gasteiger partial charge in [-0.25, -0.2) is 9.18 Å². The molecule has 0 aliphatic carbocycles. The minimum atomic E-state index is -1.56. The average molecular weight is 245 g/mol. The molecular weight excluding hydrogens is 237 g/mol. The first kappa shape index (κ1) is 12.8. The Bertz CT molecular complexity index is 461. The minimum absolute atomic E-state index is 0.242. The lowest BCUT2D eigenvalue weighted by atomic mass is 10.1. The third kappa shape index (κ3) is 2.88. The number of nitrogens with zero attached hydrogens (tertiary/aromatic N) is 1. The first-order valence-electron chi connectivity index (χ1n) is 4.42. The molecule has 0 fully saturated rings. The van der Waals surface area contributed by atoms with E-state index in [2.05, 4.69) is 0 Å². The van der Waals surface area contributed by atoms with Crippen LogP contribution < -0.4 is 4.74 Å². The molecule has 0 unspecified atom stereocenters. The summed E-state index contributed by atoms with van der Waals surface area (Å²) in [5.74, 6) is -3.08. The Morgan fingerprint density at radius 2 is 2.18 bits per heavy atom. The molecule has 0 radical (unpaired) electrons. The van der Waals surface area contributed by atoms with E-state index in [-0.39, 0.29) is 6.61 Å². The molecule has 0 saturated heterocycles. The Balaban J connectivity index is 3.24. The van der Waals surface area contributed by atoms with E-state index in [1.165, 1.54) is 0 Å². The molecule has 0 bridgehead atoms. The number of aliphatic hydroxyl groups excluding tert-OH is 1. The molecule has 0 spiro atoms. The van der Waals surface area contributed by atoms with Crippen LogP contribution in [0.5, 0.6) is 5.75 Å². The molecular formula is C9H8FNO6.